The third kappa shape index (κ3) is 5.88. The van der Waals surface area contributed by atoms with Crippen LogP contribution in [-0.4, -0.2) is 27.8 Å². The van der Waals surface area contributed by atoms with Crippen molar-refractivity contribution in [1.82, 2.24) is 10.2 Å². The van der Waals surface area contributed by atoms with Crippen molar-refractivity contribution in [2.24, 2.45) is 0 Å². The van der Waals surface area contributed by atoms with Crippen LogP contribution in [0.15, 0.2) is 57.3 Å². The monoisotopic (exact) mass is 476 g/mol. The molecule has 0 bridgehead atoms. The van der Waals surface area contributed by atoms with Gasteiger partial charge in [0.15, 0.2) is 4.34 Å². The number of aryl methyl sites for hydroxylation is 1. The fourth-order valence-electron chi connectivity index (χ4n) is 2.24. The number of hydrogen-bond acceptors (Lipinski definition) is 6. The van der Waals surface area contributed by atoms with E-state index < -0.39 is 0 Å². The first-order chi connectivity index (χ1) is 13.5. The van der Waals surface area contributed by atoms with Gasteiger partial charge in [-0.3, -0.25) is 14.9 Å². The highest BCUT2D eigenvalue weighted by Gasteiger charge is 2.12. The van der Waals surface area contributed by atoms with Crippen LogP contribution in [-0.2, 0) is 11.2 Å². The Morgan fingerprint density at radius 3 is 2.43 bits per heavy atom. The SMILES string of the molecule is CCc1ccc(NC(=O)CSc2nnc(NC(=O)c3ccc(Br)cc3)s2)cc1. The highest BCUT2D eigenvalue weighted by molar-refractivity contribution is 9.10. The van der Waals surface area contributed by atoms with Crippen molar-refractivity contribution in [3.05, 3.63) is 64.1 Å². The topological polar surface area (TPSA) is 84.0 Å². The lowest BCUT2D eigenvalue weighted by Gasteiger charge is -2.05. The minimum absolute atomic E-state index is 0.120. The minimum Gasteiger partial charge on any atom is -0.325 e. The van der Waals surface area contributed by atoms with E-state index in [1.54, 1.807) is 24.3 Å². The molecule has 1 aromatic heterocycles. The second-order valence-electron chi connectivity index (χ2n) is 5.72. The van der Waals surface area contributed by atoms with Gasteiger partial charge < -0.3 is 5.32 Å². The molecule has 3 aromatic rings. The third-order valence-electron chi connectivity index (χ3n) is 3.71. The molecule has 1 heterocycles. The van der Waals surface area contributed by atoms with Crippen LogP contribution in [0, 0.1) is 0 Å². The molecule has 3 rings (SSSR count). The summed E-state index contributed by atoms with van der Waals surface area (Å²) in [5.41, 5.74) is 2.52. The Bertz CT molecular complexity index is 959. The predicted octanol–water partition coefficient (Wildman–Crippen LogP) is 4.85. The van der Waals surface area contributed by atoms with Crippen molar-refractivity contribution in [2.75, 3.05) is 16.4 Å². The lowest BCUT2D eigenvalue weighted by atomic mass is 10.1. The number of aromatic nitrogens is 2. The molecule has 0 saturated heterocycles. The number of rotatable bonds is 7. The number of nitrogens with zero attached hydrogens (tertiary/aromatic N) is 2. The number of anilines is 2. The molecule has 0 aliphatic rings. The second-order valence-corrected chi connectivity index (χ2v) is 8.84. The average molecular weight is 477 g/mol. The molecule has 9 heteroatoms. The van der Waals surface area contributed by atoms with Crippen molar-refractivity contribution in [3.63, 3.8) is 0 Å². The summed E-state index contributed by atoms with van der Waals surface area (Å²) in [5, 5.41) is 13.9. The van der Waals surface area contributed by atoms with E-state index in [2.05, 4.69) is 43.7 Å². The van der Waals surface area contributed by atoms with Crippen LogP contribution in [0.3, 0.4) is 0 Å². The van der Waals surface area contributed by atoms with Gasteiger partial charge in [-0.1, -0.05) is 58.1 Å². The molecule has 0 aliphatic heterocycles. The number of thioether (sulfide) groups is 1. The number of benzene rings is 2. The first-order valence-electron chi connectivity index (χ1n) is 8.45. The number of amides is 2. The first-order valence-corrected chi connectivity index (χ1v) is 11.0. The molecule has 0 fully saturated rings. The Balaban J connectivity index is 1.49. The van der Waals surface area contributed by atoms with E-state index in [0.29, 0.717) is 15.0 Å². The maximum atomic E-state index is 12.2. The molecule has 144 valence electrons. The van der Waals surface area contributed by atoms with Gasteiger partial charge in [-0.2, -0.15) is 0 Å². The molecule has 0 atom stereocenters. The Morgan fingerprint density at radius 2 is 1.75 bits per heavy atom. The van der Waals surface area contributed by atoms with Gasteiger partial charge in [-0.25, -0.2) is 0 Å². The molecule has 0 saturated carbocycles. The van der Waals surface area contributed by atoms with E-state index in [1.165, 1.54) is 28.7 Å². The highest BCUT2D eigenvalue weighted by atomic mass is 79.9. The fourth-order valence-corrected chi connectivity index (χ4v) is 4.05. The van der Waals surface area contributed by atoms with Crippen LogP contribution < -0.4 is 10.6 Å². The summed E-state index contributed by atoms with van der Waals surface area (Å²) in [5.74, 6) is -0.163. The fraction of sp³-hybridized carbons (Fsp3) is 0.158. The zero-order chi connectivity index (χ0) is 19.9. The summed E-state index contributed by atoms with van der Waals surface area (Å²) in [6.45, 7) is 2.09. The van der Waals surface area contributed by atoms with Gasteiger partial charge in [0.2, 0.25) is 11.0 Å². The van der Waals surface area contributed by atoms with Crippen molar-refractivity contribution >= 4 is 61.7 Å². The summed E-state index contributed by atoms with van der Waals surface area (Å²) in [6, 6.07) is 14.8. The molecule has 6 nitrogen and oxygen atoms in total. The zero-order valence-corrected chi connectivity index (χ0v) is 18.2. The molecule has 28 heavy (non-hydrogen) atoms. The van der Waals surface area contributed by atoms with Crippen LogP contribution in [0.1, 0.15) is 22.8 Å². The van der Waals surface area contributed by atoms with Gasteiger partial charge >= 0.3 is 0 Å². The van der Waals surface area contributed by atoms with Crippen LogP contribution in [0.5, 0.6) is 0 Å². The molecule has 0 spiro atoms. The van der Waals surface area contributed by atoms with Crippen molar-refractivity contribution < 1.29 is 9.59 Å². The minimum atomic E-state index is -0.256. The van der Waals surface area contributed by atoms with Crippen LogP contribution in [0.2, 0.25) is 0 Å². The lowest BCUT2D eigenvalue weighted by molar-refractivity contribution is -0.113. The van der Waals surface area contributed by atoms with E-state index in [9.17, 15) is 9.59 Å². The largest absolute Gasteiger partial charge is 0.325 e. The highest BCUT2D eigenvalue weighted by Crippen LogP contribution is 2.26. The van der Waals surface area contributed by atoms with Crippen molar-refractivity contribution in [1.29, 1.82) is 0 Å². The lowest BCUT2D eigenvalue weighted by Crippen LogP contribution is -2.13. The van der Waals surface area contributed by atoms with Crippen LogP contribution in [0.4, 0.5) is 10.8 Å². The molecule has 0 aliphatic carbocycles. The molecule has 0 unspecified atom stereocenters. The van der Waals surface area contributed by atoms with E-state index in [1.807, 2.05) is 24.3 Å². The molecular formula is C19H17BrN4O2S2. The van der Waals surface area contributed by atoms with E-state index in [-0.39, 0.29) is 17.6 Å². The average Bonchev–Trinajstić information content (AvgIpc) is 3.15. The summed E-state index contributed by atoms with van der Waals surface area (Å²) in [4.78, 5) is 24.3. The van der Waals surface area contributed by atoms with E-state index >= 15 is 0 Å². The third-order valence-corrected chi connectivity index (χ3v) is 6.21. The standard InChI is InChI=1S/C19H17BrN4O2S2/c1-2-12-3-9-15(10-4-12)21-16(25)11-27-19-24-23-18(28-19)22-17(26)13-5-7-14(20)8-6-13/h3-10H,2,11H2,1H3,(H,21,25)(H,22,23,26). The van der Waals surface area contributed by atoms with Gasteiger partial charge in [0.25, 0.3) is 5.91 Å². The van der Waals surface area contributed by atoms with Crippen molar-refractivity contribution in [2.45, 2.75) is 17.7 Å². The summed E-state index contributed by atoms with van der Waals surface area (Å²) >= 11 is 5.84. The van der Waals surface area contributed by atoms with Gasteiger partial charge in [0, 0.05) is 15.7 Å². The Morgan fingerprint density at radius 1 is 1.04 bits per heavy atom. The predicted molar refractivity (Wildman–Crippen MR) is 117 cm³/mol. The van der Waals surface area contributed by atoms with E-state index in [0.717, 1.165) is 16.6 Å². The van der Waals surface area contributed by atoms with E-state index in [4.69, 9.17) is 0 Å². The number of hydrogen-bond donors (Lipinski definition) is 2. The Hall–Kier alpha value is -2.23. The normalized spacial score (nSPS) is 10.5. The summed E-state index contributed by atoms with van der Waals surface area (Å²) in [6.07, 6.45) is 0.960. The summed E-state index contributed by atoms with van der Waals surface area (Å²) in [7, 11) is 0. The zero-order valence-electron chi connectivity index (χ0n) is 14.9. The quantitative estimate of drug-likeness (QED) is 0.376. The van der Waals surface area contributed by atoms with Gasteiger partial charge in [-0.15, -0.1) is 10.2 Å². The Labute approximate surface area is 179 Å². The molecule has 2 amide bonds. The molecule has 2 N–H and O–H groups in total. The molecular weight excluding hydrogens is 460 g/mol. The maximum absolute atomic E-state index is 12.2. The number of carbonyl (C=O) groups excluding carboxylic acids is 2. The smallest absolute Gasteiger partial charge is 0.257 e. The van der Waals surface area contributed by atoms with Crippen molar-refractivity contribution in [3.8, 4) is 0 Å². The second kappa shape index (κ2) is 9.81. The first kappa shape index (κ1) is 20.5. The molecule has 2 aromatic carbocycles. The summed E-state index contributed by atoms with van der Waals surface area (Å²) < 4.78 is 1.51. The number of halogens is 1. The van der Waals surface area contributed by atoms with Gasteiger partial charge in [0.05, 0.1) is 5.75 Å². The number of nitrogens with one attached hydrogen (secondary N) is 2. The Kier molecular flexibility index (Phi) is 7.18. The number of carbonyl (C=O) groups is 2. The van der Waals surface area contributed by atoms with Gasteiger partial charge in [0.1, 0.15) is 0 Å². The molecule has 0 radical (unpaired) electrons. The van der Waals surface area contributed by atoms with Gasteiger partial charge in [-0.05, 0) is 48.4 Å². The van der Waals surface area contributed by atoms with Crippen LogP contribution >= 0.6 is 39.0 Å². The maximum Gasteiger partial charge on any atom is 0.257 e. The van der Waals surface area contributed by atoms with Crippen LogP contribution in [0.25, 0.3) is 0 Å².